The van der Waals surface area contributed by atoms with Crippen molar-refractivity contribution in [3.63, 3.8) is 0 Å². The standard InChI is InChI=1S/C13H13IN2OS/c14-10-2-1-3-11-12(10)15-13(18-11)16-6-8-4-5-9(7-16)17-8/h1-3,8-9H,4-7H2/t8-,9?/m1/s1. The van der Waals surface area contributed by atoms with E-state index in [0.29, 0.717) is 12.2 Å². The summed E-state index contributed by atoms with van der Waals surface area (Å²) < 4.78 is 8.41. The number of fused-ring (bicyclic) bond motifs is 3. The molecule has 3 nitrogen and oxygen atoms in total. The number of halogens is 1. The Morgan fingerprint density at radius 2 is 2.06 bits per heavy atom. The largest absolute Gasteiger partial charge is 0.371 e. The lowest BCUT2D eigenvalue weighted by Crippen LogP contribution is -2.42. The van der Waals surface area contributed by atoms with Crippen LogP contribution in [0.3, 0.4) is 0 Å². The number of anilines is 1. The molecule has 2 fully saturated rings. The molecule has 2 aliphatic rings. The third kappa shape index (κ3) is 1.83. The topological polar surface area (TPSA) is 25.4 Å². The van der Waals surface area contributed by atoms with Crippen LogP contribution in [0.25, 0.3) is 10.2 Å². The zero-order valence-electron chi connectivity index (χ0n) is 9.80. The van der Waals surface area contributed by atoms with E-state index in [4.69, 9.17) is 9.72 Å². The monoisotopic (exact) mass is 372 g/mol. The van der Waals surface area contributed by atoms with E-state index in [9.17, 15) is 0 Å². The van der Waals surface area contributed by atoms with Gasteiger partial charge in [0, 0.05) is 16.7 Å². The highest BCUT2D eigenvalue weighted by Gasteiger charge is 2.34. The van der Waals surface area contributed by atoms with Gasteiger partial charge in [0.05, 0.1) is 22.4 Å². The van der Waals surface area contributed by atoms with Gasteiger partial charge in [-0.25, -0.2) is 4.98 Å². The minimum atomic E-state index is 0.426. The summed E-state index contributed by atoms with van der Waals surface area (Å²) in [6.07, 6.45) is 3.28. The number of thiazole rings is 1. The van der Waals surface area contributed by atoms with E-state index in [1.54, 1.807) is 11.3 Å². The fourth-order valence-corrected chi connectivity index (χ4v) is 4.62. The number of benzene rings is 1. The summed E-state index contributed by atoms with van der Waals surface area (Å²) >= 11 is 4.17. The fraction of sp³-hybridized carbons (Fsp3) is 0.462. The van der Waals surface area contributed by atoms with Gasteiger partial charge in [-0.15, -0.1) is 0 Å². The summed E-state index contributed by atoms with van der Waals surface area (Å²) in [5.74, 6) is 0. The van der Waals surface area contributed by atoms with Crippen LogP contribution >= 0.6 is 33.9 Å². The number of rotatable bonds is 1. The third-order valence-electron chi connectivity index (χ3n) is 3.67. The van der Waals surface area contributed by atoms with Gasteiger partial charge in [0.1, 0.15) is 0 Å². The van der Waals surface area contributed by atoms with Gasteiger partial charge < -0.3 is 9.64 Å². The van der Waals surface area contributed by atoms with E-state index >= 15 is 0 Å². The summed E-state index contributed by atoms with van der Waals surface area (Å²) in [4.78, 5) is 7.22. The smallest absolute Gasteiger partial charge is 0.186 e. The predicted octanol–water partition coefficient (Wildman–Crippen LogP) is 3.27. The Morgan fingerprint density at radius 1 is 1.28 bits per heavy atom. The van der Waals surface area contributed by atoms with E-state index in [2.05, 4.69) is 45.7 Å². The molecule has 1 unspecified atom stereocenters. The van der Waals surface area contributed by atoms with E-state index in [1.165, 1.54) is 21.1 Å². The minimum absolute atomic E-state index is 0.426. The van der Waals surface area contributed by atoms with Crippen molar-refractivity contribution >= 4 is 49.3 Å². The third-order valence-corrected chi connectivity index (χ3v) is 5.62. The van der Waals surface area contributed by atoms with Crippen molar-refractivity contribution in [2.24, 2.45) is 0 Å². The average molecular weight is 372 g/mol. The highest BCUT2D eigenvalue weighted by Crippen LogP contribution is 2.35. The average Bonchev–Trinajstić information content (AvgIpc) is 2.94. The summed E-state index contributed by atoms with van der Waals surface area (Å²) in [5.41, 5.74) is 1.15. The Balaban J connectivity index is 1.72. The van der Waals surface area contributed by atoms with Crippen molar-refractivity contribution < 1.29 is 4.74 Å². The van der Waals surface area contributed by atoms with Crippen LogP contribution in [0.1, 0.15) is 12.8 Å². The van der Waals surface area contributed by atoms with Crippen LogP contribution in [0.5, 0.6) is 0 Å². The first-order valence-corrected chi connectivity index (χ1v) is 8.14. The van der Waals surface area contributed by atoms with Crippen molar-refractivity contribution in [3.05, 3.63) is 21.8 Å². The van der Waals surface area contributed by atoms with Gasteiger partial charge in [0.2, 0.25) is 0 Å². The highest BCUT2D eigenvalue weighted by molar-refractivity contribution is 14.1. The van der Waals surface area contributed by atoms with Crippen molar-refractivity contribution in [1.29, 1.82) is 0 Å². The van der Waals surface area contributed by atoms with Crippen LogP contribution in [-0.2, 0) is 4.74 Å². The van der Waals surface area contributed by atoms with Crippen LogP contribution in [0.15, 0.2) is 18.2 Å². The maximum Gasteiger partial charge on any atom is 0.186 e. The molecule has 0 amide bonds. The Bertz CT molecular complexity index is 588. The molecule has 0 N–H and O–H groups in total. The van der Waals surface area contributed by atoms with Gasteiger partial charge in [0.15, 0.2) is 5.13 Å². The second-order valence-corrected chi connectivity index (χ2v) is 7.12. The molecule has 2 aromatic rings. The number of para-hydroxylation sites is 1. The minimum Gasteiger partial charge on any atom is -0.371 e. The van der Waals surface area contributed by atoms with Gasteiger partial charge in [0.25, 0.3) is 0 Å². The first kappa shape index (κ1) is 11.4. The lowest BCUT2D eigenvalue weighted by molar-refractivity contribution is 0.0305. The van der Waals surface area contributed by atoms with Crippen LogP contribution in [-0.4, -0.2) is 30.3 Å². The van der Waals surface area contributed by atoms with Gasteiger partial charge >= 0.3 is 0 Å². The van der Waals surface area contributed by atoms with E-state index < -0.39 is 0 Å². The maximum absolute atomic E-state index is 5.88. The lowest BCUT2D eigenvalue weighted by atomic mass is 10.2. The molecular formula is C13H13IN2OS. The molecular weight excluding hydrogens is 359 g/mol. The molecule has 0 spiro atoms. The molecule has 2 saturated heterocycles. The second-order valence-electron chi connectivity index (χ2n) is 4.95. The Labute approximate surface area is 123 Å². The number of hydrogen-bond donors (Lipinski definition) is 0. The zero-order valence-corrected chi connectivity index (χ0v) is 12.8. The van der Waals surface area contributed by atoms with Crippen LogP contribution < -0.4 is 4.90 Å². The number of ether oxygens (including phenoxy) is 1. The van der Waals surface area contributed by atoms with E-state index in [1.807, 2.05) is 0 Å². The van der Waals surface area contributed by atoms with Gasteiger partial charge in [-0.05, 0) is 47.6 Å². The summed E-state index contributed by atoms with van der Waals surface area (Å²) in [6, 6.07) is 6.39. The fourth-order valence-electron chi connectivity index (χ4n) is 2.81. The van der Waals surface area contributed by atoms with Crippen LogP contribution in [0.4, 0.5) is 5.13 Å². The Hall–Kier alpha value is -0.400. The zero-order chi connectivity index (χ0) is 12.1. The molecule has 3 heterocycles. The number of nitrogens with zero attached hydrogens (tertiary/aromatic N) is 2. The number of aromatic nitrogens is 1. The molecule has 4 rings (SSSR count). The predicted molar refractivity (Wildman–Crippen MR) is 82.4 cm³/mol. The van der Waals surface area contributed by atoms with Crippen molar-refractivity contribution in [2.75, 3.05) is 18.0 Å². The van der Waals surface area contributed by atoms with E-state index in [-0.39, 0.29) is 0 Å². The van der Waals surface area contributed by atoms with Gasteiger partial charge in [-0.3, -0.25) is 0 Å². The van der Waals surface area contributed by atoms with Crippen molar-refractivity contribution in [3.8, 4) is 0 Å². The van der Waals surface area contributed by atoms with Crippen molar-refractivity contribution in [2.45, 2.75) is 25.0 Å². The Morgan fingerprint density at radius 3 is 2.78 bits per heavy atom. The normalized spacial score (nSPS) is 27.1. The molecule has 18 heavy (non-hydrogen) atoms. The molecule has 0 saturated carbocycles. The second kappa shape index (κ2) is 4.31. The Kier molecular flexibility index (Phi) is 2.74. The van der Waals surface area contributed by atoms with Crippen LogP contribution in [0, 0.1) is 3.57 Å². The molecule has 2 aliphatic heterocycles. The molecule has 1 aromatic heterocycles. The highest BCUT2D eigenvalue weighted by atomic mass is 127. The quantitative estimate of drug-likeness (QED) is 0.719. The first-order valence-electron chi connectivity index (χ1n) is 6.25. The molecule has 2 atom stereocenters. The van der Waals surface area contributed by atoms with Crippen molar-refractivity contribution in [1.82, 2.24) is 4.98 Å². The summed E-state index contributed by atoms with van der Waals surface area (Å²) in [7, 11) is 0. The van der Waals surface area contributed by atoms with Gasteiger partial charge in [-0.1, -0.05) is 17.4 Å². The van der Waals surface area contributed by atoms with Gasteiger partial charge in [-0.2, -0.15) is 0 Å². The molecule has 0 aliphatic carbocycles. The number of morpholine rings is 1. The molecule has 94 valence electrons. The number of hydrogen-bond acceptors (Lipinski definition) is 4. The molecule has 5 heteroatoms. The summed E-state index contributed by atoms with van der Waals surface area (Å²) in [5, 5.41) is 1.16. The van der Waals surface area contributed by atoms with Crippen LogP contribution in [0.2, 0.25) is 0 Å². The first-order chi connectivity index (χ1) is 8.79. The maximum atomic E-state index is 5.88. The lowest BCUT2D eigenvalue weighted by Gasteiger charge is -2.31. The van der Waals surface area contributed by atoms with E-state index in [0.717, 1.165) is 23.7 Å². The SMILES string of the molecule is Ic1cccc2sc(N3CC4CC[C@H](C3)O4)nc12. The molecule has 0 radical (unpaired) electrons. The summed E-state index contributed by atoms with van der Waals surface area (Å²) in [6.45, 7) is 2.01. The molecule has 1 aromatic carbocycles. The molecule has 2 bridgehead atoms.